The first kappa shape index (κ1) is 26.5. The maximum atomic E-state index is 2.91. The minimum atomic E-state index is -1.39. The van der Waals surface area contributed by atoms with Crippen LogP contribution in [0.2, 0.25) is 24.2 Å². The lowest BCUT2D eigenvalue weighted by molar-refractivity contribution is 0.113. The molecular weight excluding hydrogens is 485 g/mol. The molecule has 0 radical (unpaired) electrons. The van der Waals surface area contributed by atoms with Crippen molar-refractivity contribution in [1.29, 1.82) is 0 Å². The second-order valence-electron chi connectivity index (χ2n) is 15.8. The Kier molecular flexibility index (Phi) is 7.14. The minimum absolute atomic E-state index is 0.767. The first-order valence-corrected chi connectivity index (χ1v) is 20.2. The SMILES string of the molecule is CC(C)C1CC([Si](C)(C)C2CCC3C(c4ccccc4-c4ccccc4)CCCC32)C2CC3CCCC3CC12. The van der Waals surface area contributed by atoms with Crippen LogP contribution in [0, 0.1) is 47.3 Å². The molecule has 10 atom stereocenters. The molecule has 5 fully saturated rings. The van der Waals surface area contributed by atoms with Crippen LogP contribution in [0.15, 0.2) is 54.6 Å². The third kappa shape index (κ3) is 4.52. The van der Waals surface area contributed by atoms with Gasteiger partial charge in [0.1, 0.15) is 0 Å². The van der Waals surface area contributed by atoms with E-state index in [-0.39, 0.29) is 0 Å². The molecule has 0 aliphatic heterocycles. The van der Waals surface area contributed by atoms with Gasteiger partial charge >= 0.3 is 0 Å². The zero-order valence-electron chi connectivity index (χ0n) is 25.3. The van der Waals surface area contributed by atoms with Crippen LogP contribution in [0.3, 0.4) is 0 Å². The fourth-order valence-corrected chi connectivity index (χ4v) is 17.4. The molecule has 0 N–H and O–H groups in total. The average Bonchev–Trinajstić information content (AvgIpc) is 3.69. The predicted molar refractivity (Wildman–Crippen MR) is 170 cm³/mol. The minimum Gasteiger partial charge on any atom is -0.0689 e. The van der Waals surface area contributed by atoms with E-state index in [2.05, 4.69) is 81.5 Å². The van der Waals surface area contributed by atoms with Gasteiger partial charge in [-0.1, -0.05) is 120 Å². The van der Waals surface area contributed by atoms with E-state index in [4.69, 9.17) is 0 Å². The second-order valence-corrected chi connectivity index (χ2v) is 20.9. The molecule has 0 bridgehead atoms. The lowest BCUT2D eigenvalue weighted by atomic mass is 9.67. The van der Waals surface area contributed by atoms with Crippen LogP contribution in [0.5, 0.6) is 0 Å². The highest BCUT2D eigenvalue weighted by Crippen LogP contribution is 2.67. The molecule has 0 aromatic heterocycles. The maximum absolute atomic E-state index is 2.91. The first-order valence-electron chi connectivity index (χ1n) is 17.1. The Morgan fingerprint density at radius 1 is 0.615 bits per heavy atom. The van der Waals surface area contributed by atoms with E-state index in [0.29, 0.717) is 0 Å². The topological polar surface area (TPSA) is 0 Å². The summed E-state index contributed by atoms with van der Waals surface area (Å²) in [5, 5.41) is 0. The first-order chi connectivity index (χ1) is 18.9. The molecule has 2 aromatic carbocycles. The van der Waals surface area contributed by atoms with Crippen molar-refractivity contribution in [3.05, 3.63) is 60.2 Å². The van der Waals surface area contributed by atoms with Gasteiger partial charge in [0.05, 0.1) is 8.07 Å². The summed E-state index contributed by atoms with van der Waals surface area (Å²) in [5.74, 6) is 8.91. The van der Waals surface area contributed by atoms with Crippen LogP contribution in [0.25, 0.3) is 11.1 Å². The number of benzene rings is 2. The van der Waals surface area contributed by atoms with Crippen molar-refractivity contribution in [1.82, 2.24) is 0 Å². The number of hydrogen-bond acceptors (Lipinski definition) is 0. The lowest BCUT2D eigenvalue weighted by Gasteiger charge is -2.47. The van der Waals surface area contributed by atoms with E-state index in [9.17, 15) is 0 Å². The smallest absolute Gasteiger partial charge is 0.0541 e. The Morgan fingerprint density at radius 2 is 1.31 bits per heavy atom. The number of rotatable bonds is 5. The zero-order chi connectivity index (χ0) is 26.7. The average molecular weight is 539 g/mol. The van der Waals surface area contributed by atoms with Crippen molar-refractivity contribution >= 4 is 8.07 Å². The van der Waals surface area contributed by atoms with Crippen LogP contribution >= 0.6 is 0 Å². The van der Waals surface area contributed by atoms with E-state index >= 15 is 0 Å². The van der Waals surface area contributed by atoms with Crippen molar-refractivity contribution in [3.8, 4) is 11.1 Å². The van der Waals surface area contributed by atoms with Gasteiger partial charge in [-0.25, -0.2) is 0 Å². The highest BCUT2D eigenvalue weighted by atomic mass is 28.3. The quantitative estimate of drug-likeness (QED) is 0.332. The molecule has 210 valence electrons. The van der Waals surface area contributed by atoms with Crippen molar-refractivity contribution in [2.45, 2.75) is 115 Å². The third-order valence-electron chi connectivity index (χ3n) is 13.8. The molecule has 7 rings (SSSR count). The van der Waals surface area contributed by atoms with Crippen LogP contribution in [-0.2, 0) is 0 Å². The van der Waals surface area contributed by atoms with Gasteiger partial charge in [0, 0.05) is 0 Å². The highest BCUT2D eigenvalue weighted by molar-refractivity contribution is 6.80. The largest absolute Gasteiger partial charge is 0.0689 e. The van der Waals surface area contributed by atoms with Gasteiger partial charge in [-0.05, 0) is 113 Å². The van der Waals surface area contributed by atoms with Crippen LogP contribution < -0.4 is 0 Å². The molecule has 39 heavy (non-hydrogen) atoms. The van der Waals surface area contributed by atoms with Gasteiger partial charge in [0.15, 0.2) is 0 Å². The molecule has 5 aliphatic rings. The van der Waals surface area contributed by atoms with Gasteiger partial charge < -0.3 is 0 Å². The van der Waals surface area contributed by atoms with Gasteiger partial charge in [0.2, 0.25) is 0 Å². The molecule has 1 heteroatoms. The van der Waals surface area contributed by atoms with Gasteiger partial charge in [-0.15, -0.1) is 0 Å². The molecule has 0 heterocycles. The molecule has 0 nitrogen and oxygen atoms in total. The normalized spacial score (nSPS) is 39.9. The predicted octanol–water partition coefficient (Wildman–Crippen LogP) is 11.2. The van der Waals surface area contributed by atoms with Crippen molar-refractivity contribution < 1.29 is 0 Å². The number of fused-ring (bicyclic) bond motifs is 3. The summed E-state index contributed by atoms with van der Waals surface area (Å²) in [5.41, 5.74) is 6.75. The summed E-state index contributed by atoms with van der Waals surface area (Å²) >= 11 is 0. The summed E-state index contributed by atoms with van der Waals surface area (Å²) in [6.07, 6.45) is 16.9. The van der Waals surface area contributed by atoms with Crippen molar-refractivity contribution in [3.63, 3.8) is 0 Å². The summed E-state index contributed by atoms with van der Waals surface area (Å²) in [6.45, 7) is 11.0. The second kappa shape index (κ2) is 10.5. The molecule has 0 amide bonds. The third-order valence-corrected chi connectivity index (χ3v) is 19.0. The molecule has 10 unspecified atom stereocenters. The molecule has 0 spiro atoms. The monoisotopic (exact) mass is 538 g/mol. The summed E-state index contributed by atoms with van der Waals surface area (Å²) < 4.78 is 0. The lowest BCUT2D eigenvalue weighted by Crippen LogP contribution is -2.44. The fourth-order valence-electron chi connectivity index (χ4n) is 12.1. The Labute approximate surface area is 240 Å². The van der Waals surface area contributed by atoms with E-state index in [1.54, 1.807) is 44.1 Å². The highest BCUT2D eigenvalue weighted by Gasteiger charge is 2.58. The van der Waals surface area contributed by atoms with Gasteiger partial charge in [0.25, 0.3) is 0 Å². The van der Waals surface area contributed by atoms with Crippen LogP contribution in [-0.4, -0.2) is 8.07 Å². The summed E-state index contributed by atoms with van der Waals surface area (Å²) in [7, 11) is -1.39. The zero-order valence-corrected chi connectivity index (χ0v) is 26.3. The van der Waals surface area contributed by atoms with E-state index in [0.717, 1.165) is 64.3 Å². The Balaban J connectivity index is 1.16. The molecule has 2 aromatic rings. The van der Waals surface area contributed by atoms with Gasteiger partial charge in [-0.2, -0.15) is 0 Å². The molecule has 5 aliphatic carbocycles. The molecule has 0 saturated heterocycles. The van der Waals surface area contributed by atoms with Crippen LogP contribution in [0.1, 0.15) is 96.0 Å². The van der Waals surface area contributed by atoms with Crippen molar-refractivity contribution in [2.75, 3.05) is 0 Å². The molecular formula is C38H54Si. The Morgan fingerprint density at radius 3 is 2.08 bits per heavy atom. The van der Waals surface area contributed by atoms with E-state index < -0.39 is 8.07 Å². The Bertz CT molecular complexity index is 1130. The van der Waals surface area contributed by atoms with E-state index in [1.807, 2.05) is 0 Å². The fraction of sp³-hybridized carbons (Fsp3) is 0.684. The van der Waals surface area contributed by atoms with Crippen molar-refractivity contribution in [2.24, 2.45) is 47.3 Å². The summed E-state index contributed by atoms with van der Waals surface area (Å²) in [6, 6.07) is 20.7. The van der Waals surface area contributed by atoms with Gasteiger partial charge in [-0.3, -0.25) is 0 Å². The standard InChI is InChI=1S/C38H54Si/c1-25(2)34-24-38(36-23-28-15-10-14-27(28)22-35(34)36)39(3,4)37-21-20-32-31(18-11-19-33(32)37)30-17-9-8-16-29(30)26-12-6-5-7-13-26/h5-9,12-13,16-17,25,27-28,31-38H,10-11,14-15,18-24H2,1-4H3. The molecule has 5 saturated carbocycles. The van der Waals surface area contributed by atoms with E-state index in [1.165, 1.54) is 43.2 Å². The Hall–Kier alpha value is -1.34. The van der Waals surface area contributed by atoms with Crippen LogP contribution in [0.4, 0.5) is 0 Å². The summed E-state index contributed by atoms with van der Waals surface area (Å²) in [4.78, 5) is 0. The maximum Gasteiger partial charge on any atom is 0.0541 e. The number of hydrogen-bond donors (Lipinski definition) is 0.